The molecular formula is C24H42. The van der Waals surface area contributed by atoms with Gasteiger partial charge in [-0.2, -0.15) is 0 Å². The molecule has 0 heterocycles. The van der Waals surface area contributed by atoms with Gasteiger partial charge in [0, 0.05) is 0 Å². The quantitative estimate of drug-likeness (QED) is 0.440. The third-order valence-electron chi connectivity index (χ3n) is 5.79. The molecule has 0 spiro atoms. The van der Waals surface area contributed by atoms with E-state index in [9.17, 15) is 0 Å². The minimum atomic E-state index is 0. The second kappa shape index (κ2) is 11.5. The van der Waals surface area contributed by atoms with Gasteiger partial charge in [-0.3, -0.25) is 0 Å². The maximum absolute atomic E-state index is 2.44. The van der Waals surface area contributed by atoms with Crippen molar-refractivity contribution in [2.45, 2.75) is 87.5 Å². The summed E-state index contributed by atoms with van der Waals surface area (Å²) in [6.45, 7) is 9.46. The van der Waals surface area contributed by atoms with Crippen LogP contribution in [0.4, 0.5) is 0 Å². The van der Waals surface area contributed by atoms with Gasteiger partial charge < -0.3 is 0 Å². The van der Waals surface area contributed by atoms with Gasteiger partial charge in [0.1, 0.15) is 0 Å². The molecule has 0 bridgehead atoms. The summed E-state index contributed by atoms with van der Waals surface area (Å²) in [5, 5.41) is 0. The first kappa shape index (κ1) is 23.0. The van der Waals surface area contributed by atoms with Gasteiger partial charge in [0.2, 0.25) is 0 Å². The summed E-state index contributed by atoms with van der Waals surface area (Å²) in [5.41, 5.74) is 5.02. The Hall–Kier alpha value is -1.04. The third-order valence-corrected chi connectivity index (χ3v) is 5.79. The lowest BCUT2D eigenvalue weighted by Gasteiger charge is -2.27. The van der Waals surface area contributed by atoms with Gasteiger partial charge in [0.15, 0.2) is 0 Å². The lowest BCUT2D eigenvalue weighted by molar-refractivity contribution is 0.440. The predicted octanol–water partition coefficient (Wildman–Crippen LogP) is 8.28. The van der Waals surface area contributed by atoms with Crippen LogP contribution in [0.5, 0.6) is 0 Å². The van der Waals surface area contributed by atoms with E-state index >= 15 is 0 Å². The second-order valence-electron chi connectivity index (χ2n) is 7.24. The summed E-state index contributed by atoms with van der Waals surface area (Å²) < 4.78 is 0. The van der Waals surface area contributed by atoms with Crippen LogP contribution in [0.3, 0.4) is 0 Å². The maximum Gasteiger partial charge on any atom is -0.0197 e. The number of hydrogen-bond acceptors (Lipinski definition) is 0. The molecule has 0 fully saturated rings. The molecule has 24 heavy (non-hydrogen) atoms. The van der Waals surface area contributed by atoms with Gasteiger partial charge in [0.05, 0.1) is 0 Å². The first-order valence-electron chi connectivity index (χ1n) is 9.40. The average molecular weight is 331 g/mol. The fraction of sp³-hybridized carbons (Fsp3) is 0.667. The molecule has 2 aliphatic carbocycles. The van der Waals surface area contributed by atoms with Crippen molar-refractivity contribution in [3.8, 4) is 0 Å². The molecule has 0 aromatic rings. The van der Waals surface area contributed by atoms with Crippen molar-refractivity contribution in [1.29, 1.82) is 0 Å². The molecule has 2 aliphatic rings. The molecule has 0 aromatic carbocycles. The highest BCUT2D eigenvalue weighted by Gasteiger charge is 2.20. The van der Waals surface area contributed by atoms with Crippen molar-refractivity contribution in [1.82, 2.24) is 0 Å². The Morgan fingerprint density at radius 1 is 0.792 bits per heavy atom. The molecule has 0 saturated heterocycles. The second-order valence-corrected chi connectivity index (χ2v) is 7.24. The Morgan fingerprint density at radius 2 is 1.42 bits per heavy atom. The van der Waals surface area contributed by atoms with E-state index < -0.39 is 0 Å². The molecule has 0 amide bonds. The van der Waals surface area contributed by atoms with Crippen LogP contribution >= 0.6 is 0 Å². The van der Waals surface area contributed by atoms with Crippen LogP contribution in [0.15, 0.2) is 47.1 Å². The van der Waals surface area contributed by atoms with Crippen LogP contribution < -0.4 is 0 Å². The minimum absolute atomic E-state index is 0. The van der Waals surface area contributed by atoms with E-state index in [1.54, 1.807) is 16.7 Å². The first-order valence-corrected chi connectivity index (χ1v) is 9.40. The highest BCUT2D eigenvalue weighted by atomic mass is 14.3. The largest absolute Gasteiger partial charge is 0.0842 e. The van der Waals surface area contributed by atoms with Crippen molar-refractivity contribution in [2.75, 3.05) is 0 Å². The predicted molar refractivity (Wildman–Crippen MR) is 112 cm³/mol. The molecule has 0 aromatic heterocycles. The first-order chi connectivity index (χ1) is 10.7. The van der Waals surface area contributed by atoms with E-state index in [4.69, 9.17) is 0 Å². The van der Waals surface area contributed by atoms with Gasteiger partial charge in [-0.15, -0.1) is 0 Å². The minimum Gasteiger partial charge on any atom is -0.0842 e. The third kappa shape index (κ3) is 6.11. The topological polar surface area (TPSA) is 0 Å². The fourth-order valence-corrected chi connectivity index (χ4v) is 3.87. The Balaban J connectivity index is 0.00000264. The van der Waals surface area contributed by atoms with E-state index in [2.05, 4.69) is 58.1 Å². The summed E-state index contributed by atoms with van der Waals surface area (Å²) in [7, 11) is 0. The molecule has 3 unspecified atom stereocenters. The summed E-state index contributed by atoms with van der Waals surface area (Å²) in [6.07, 6.45) is 20.8. The molecule has 0 nitrogen and oxygen atoms in total. The van der Waals surface area contributed by atoms with Crippen LogP contribution in [-0.2, 0) is 0 Å². The molecule has 0 N–H and O–H groups in total. The van der Waals surface area contributed by atoms with Gasteiger partial charge in [0.25, 0.3) is 0 Å². The van der Waals surface area contributed by atoms with Crippen molar-refractivity contribution < 1.29 is 0 Å². The van der Waals surface area contributed by atoms with Crippen LogP contribution in [0, 0.1) is 17.8 Å². The van der Waals surface area contributed by atoms with Crippen LogP contribution in [0.25, 0.3) is 0 Å². The van der Waals surface area contributed by atoms with E-state index in [0.29, 0.717) is 0 Å². The van der Waals surface area contributed by atoms with Crippen molar-refractivity contribution >= 4 is 0 Å². The average Bonchev–Trinajstić information content (AvgIpc) is 2.59. The summed E-state index contributed by atoms with van der Waals surface area (Å²) in [4.78, 5) is 0. The SMILES string of the molecule is C.C.CCC(C)C1=CC=C(C(C)CC(CC)C2=CC=CCC2)CC1. The maximum atomic E-state index is 2.44. The zero-order valence-electron chi connectivity index (χ0n) is 15.1. The monoisotopic (exact) mass is 330 g/mol. The van der Waals surface area contributed by atoms with E-state index in [1.165, 1.54) is 44.9 Å². The van der Waals surface area contributed by atoms with Gasteiger partial charge in [-0.1, -0.05) is 89.6 Å². The Labute approximate surface area is 152 Å². The Kier molecular flexibility index (Phi) is 11.0. The van der Waals surface area contributed by atoms with Crippen LogP contribution in [-0.4, -0.2) is 0 Å². The van der Waals surface area contributed by atoms with Crippen LogP contribution in [0.2, 0.25) is 0 Å². The van der Waals surface area contributed by atoms with E-state index in [-0.39, 0.29) is 14.9 Å². The highest BCUT2D eigenvalue weighted by Crippen LogP contribution is 2.35. The number of allylic oxidation sites excluding steroid dienone is 8. The van der Waals surface area contributed by atoms with E-state index in [1.807, 2.05) is 0 Å². The molecule has 0 heteroatoms. The van der Waals surface area contributed by atoms with E-state index in [0.717, 1.165) is 17.8 Å². The van der Waals surface area contributed by atoms with Gasteiger partial charge >= 0.3 is 0 Å². The molecule has 0 saturated carbocycles. The molecule has 2 rings (SSSR count). The van der Waals surface area contributed by atoms with Gasteiger partial charge in [-0.25, -0.2) is 0 Å². The van der Waals surface area contributed by atoms with Gasteiger partial charge in [-0.05, 0) is 62.7 Å². The normalized spacial score (nSPS) is 20.6. The molecule has 3 atom stereocenters. The zero-order chi connectivity index (χ0) is 15.9. The number of rotatable bonds is 7. The summed E-state index contributed by atoms with van der Waals surface area (Å²) in [5.74, 6) is 2.27. The Morgan fingerprint density at radius 3 is 1.88 bits per heavy atom. The lowest BCUT2D eigenvalue weighted by Crippen LogP contribution is -2.13. The highest BCUT2D eigenvalue weighted by molar-refractivity contribution is 5.27. The summed E-state index contributed by atoms with van der Waals surface area (Å²) in [6, 6.07) is 0. The standard InChI is InChI=1S/C22H34.2CH4/c1-5-17(3)20-12-14-21(15-13-20)18(4)16-19(6-2)22-10-8-7-9-11-22;;/h7-8,10,12,14,17-19H,5-6,9,11,13,15-16H2,1-4H3;2*1H4. The zero-order valence-corrected chi connectivity index (χ0v) is 15.1. The van der Waals surface area contributed by atoms with Crippen molar-refractivity contribution in [3.63, 3.8) is 0 Å². The smallest absolute Gasteiger partial charge is 0.0197 e. The fourth-order valence-electron chi connectivity index (χ4n) is 3.87. The number of hydrogen-bond donors (Lipinski definition) is 0. The summed E-state index contributed by atoms with van der Waals surface area (Å²) >= 11 is 0. The molecule has 138 valence electrons. The van der Waals surface area contributed by atoms with Crippen molar-refractivity contribution in [3.05, 3.63) is 47.1 Å². The molecule has 0 aliphatic heterocycles. The lowest BCUT2D eigenvalue weighted by atomic mass is 9.78. The van der Waals surface area contributed by atoms with Crippen molar-refractivity contribution in [2.24, 2.45) is 17.8 Å². The van der Waals surface area contributed by atoms with Crippen LogP contribution in [0.1, 0.15) is 87.5 Å². The Bertz CT molecular complexity index is 472. The molecular weight excluding hydrogens is 288 g/mol. The molecule has 0 radical (unpaired) electrons.